The highest BCUT2D eigenvalue weighted by molar-refractivity contribution is 7.80. The maximum atomic E-state index is 10.9. The quantitative estimate of drug-likeness (QED) is 0.317. The number of nitrogens with one attached hydrogen (secondary N) is 4. The SMILES string of the molecule is CNC(=S)NNC(=O)CNC(C)=O. The molecule has 6 nitrogen and oxygen atoms in total. The van der Waals surface area contributed by atoms with Gasteiger partial charge < -0.3 is 10.6 Å². The summed E-state index contributed by atoms with van der Waals surface area (Å²) in [5.74, 6) is -0.626. The Bertz CT molecular complexity index is 219. The lowest BCUT2D eigenvalue weighted by Gasteiger charge is -2.08. The summed E-state index contributed by atoms with van der Waals surface area (Å²) in [6.07, 6.45) is 0. The maximum absolute atomic E-state index is 10.9. The highest BCUT2D eigenvalue weighted by Crippen LogP contribution is 1.64. The van der Waals surface area contributed by atoms with Crippen LogP contribution in [0.5, 0.6) is 0 Å². The average molecular weight is 204 g/mol. The zero-order valence-electron chi connectivity index (χ0n) is 7.43. The molecule has 0 bridgehead atoms. The Morgan fingerprint density at radius 1 is 1.31 bits per heavy atom. The molecule has 0 saturated heterocycles. The van der Waals surface area contributed by atoms with Gasteiger partial charge in [0.25, 0.3) is 5.91 Å². The molecule has 0 unspecified atom stereocenters. The number of carbonyl (C=O) groups is 2. The van der Waals surface area contributed by atoms with E-state index >= 15 is 0 Å². The van der Waals surface area contributed by atoms with E-state index < -0.39 is 0 Å². The van der Waals surface area contributed by atoms with Crippen LogP contribution in [-0.2, 0) is 9.59 Å². The van der Waals surface area contributed by atoms with Gasteiger partial charge in [0.2, 0.25) is 5.91 Å². The molecular weight excluding hydrogens is 192 g/mol. The summed E-state index contributed by atoms with van der Waals surface area (Å²) in [6, 6.07) is 0. The topological polar surface area (TPSA) is 82.3 Å². The Kier molecular flexibility index (Phi) is 5.53. The Balaban J connectivity index is 3.52. The minimum atomic E-state index is -0.368. The molecule has 0 spiro atoms. The molecule has 0 saturated carbocycles. The molecular formula is C6H12N4O2S. The lowest BCUT2D eigenvalue weighted by atomic mass is 10.6. The summed E-state index contributed by atoms with van der Waals surface area (Å²) in [4.78, 5) is 21.3. The molecule has 0 aliphatic rings. The van der Waals surface area contributed by atoms with Crippen molar-refractivity contribution in [1.29, 1.82) is 0 Å². The van der Waals surface area contributed by atoms with Crippen LogP contribution < -0.4 is 21.5 Å². The van der Waals surface area contributed by atoms with E-state index in [1.165, 1.54) is 6.92 Å². The van der Waals surface area contributed by atoms with Crippen molar-refractivity contribution in [3.8, 4) is 0 Å². The number of hydrogen-bond donors (Lipinski definition) is 4. The molecule has 74 valence electrons. The summed E-state index contributed by atoms with van der Waals surface area (Å²) < 4.78 is 0. The molecule has 0 atom stereocenters. The van der Waals surface area contributed by atoms with Crippen molar-refractivity contribution < 1.29 is 9.59 Å². The van der Waals surface area contributed by atoms with E-state index in [0.29, 0.717) is 5.11 Å². The normalized spacial score (nSPS) is 8.46. The van der Waals surface area contributed by atoms with Crippen LogP contribution in [0.3, 0.4) is 0 Å². The van der Waals surface area contributed by atoms with Gasteiger partial charge >= 0.3 is 0 Å². The third kappa shape index (κ3) is 7.01. The molecule has 2 amide bonds. The summed E-state index contributed by atoms with van der Waals surface area (Å²) in [5.41, 5.74) is 4.71. The molecule has 0 aliphatic heterocycles. The van der Waals surface area contributed by atoms with Gasteiger partial charge in [0.1, 0.15) is 0 Å². The molecule has 0 aromatic heterocycles. The molecule has 7 heteroatoms. The van der Waals surface area contributed by atoms with Crippen LogP contribution in [0.4, 0.5) is 0 Å². The van der Waals surface area contributed by atoms with E-state index in [1.54, 1.807) is 7.05 Å². The third-order valence-electron chi connectivity index (χ3n) is 1.04. The number of rotatable bonds is 2. The molecule has 0 aliphatic carbocycles. The van der Waals surface area contributed by atoms with Crippen molar-refractivity contribution in [2.24, 2.45) is 0 Å². The van der Waals surface area contributed by atoms with Crippen LogP contribution in [0, 0.1) is 0 Å². The van der Waals surface area contributed by atoms with Gasteiger partial charge in [-0.1, -0.05) is 0 Å². The first-order valence-electron chi connectivity index (χ1n) is 3.57. The predicted octanol–water partition coefficient (Wildman–Crippen LogP) is -1.75. The second-order valence-corrected chi connectivity index (χ2v) is 2.57. The number of hydrogen-bond acceptors (Lipinski definition) is 3. The van der Waals surface area contributed by atoms with Gasteiger partial charge in [0.05, 0.1) is 6.54 Å². The van der Waals surface area contributed by atoms with E-state index in [1.807, 2.05) is 0 Å². The number of thiocarbonyl (C=S) groups is 1. The van der Waals surface area contributed by atoms with E-state index in [2.05, 4.69) is 33.7 Å². The molecule has 0 aromatic rings. The van der Waals surface area contributed by atoms with Gasteiger partial charge in [-0.15, -0.1) is 0 Å². The first kappa shape index (κ1) is 11.6. The first-order valence-corrected chi connectivity index (χ1v) is 3.98. The minimum Gasteiger partial charge on any atom is -0.364 e. The Labute approximate surface area is 81.4 Å². The van der Waals surface area contributed by atoms with Crippen molar-refractivity contribution in [1.82, 2.24) is 21.5 Å². The van der Waals surface area contributed by atoms with Crippen LogP contribution >= 0.6 is 12.2 Å². The molecule has 0 aromatic carbocycles. The second kappa shape index (κ2) is 6.18. The van der Waals surface area contributed by atoms with E-state index in [0.717, 1.165) is 0 Å². The largest absolute Gasteiger partial charge is 0.364 e. The third-order valence-corrected chi connectivity index (χ3v) is 1.35. The zero-order chi connectivity index (χ0) is 10.3. The van der Waals surface area contributed by atoms with Gasteiger partial charge in [-0.2, -0.15) is 0 Å². The van der Waals surface area contributed by atoms with Gasteiger partial charge in [0, 0.05) is 14.0 Å². The lowest BCUT2D eigenvalue weighted by Crippen LogP contribution is -2.48. The number of amides is 2. The van der Waals surface area contributed by atoms with Crippen LogP contribution in [0.25, 0.3) is 0 Å². The van der Waals surface area contributed by atoms with Crippen molar-refractivity contribution in [2.45, 2.75) is 6.92 Å². The standard InChI is InChI=1S/C6H12N4O2S/c1-4(11)8-3-5(12)9-10-6(13)7-2/h3H2,1-2H3,(H,8,11)(H,9,12)(H2,7,10,13). The summed E-state index contributed by atoms with van der Waals surface area (Å²) in [5, 5.41) is 5.24. The fourth-order valence-electron chi connectivity index (χ4n) is 0.438. The second-order valence-electron chi connectivity index (χ2n) is 2.16. The molecule has 0 heterocycles. The molecule has 0 radical (unpaired) electrons. The van der Waals surface area contributed by atoms with Crippen molar-refractivity contribution in [3.63, 3.8) is 0 Å². The van der Waals surface area contributed by atoms with Gasteiger partial charge in [-0.05, 0) is 12.2 Å². The Morgan fingerprint density at radius 3 is 2.38 bits per heavy atom. The molecule has 13 heavy (non-hydrogen) atoms. The molecule has 0 fully saturated rings. The number of carbonyl (C=O) groups excluding carboxylic acids is 2. The van der Waals surface area contributed by atoms with Gasteiger partial charge in [-0.25, -0.2) is 0 Å². The van der Waals surface area contributed by atoms with E-state index in [-0.39, 0.29) is 18.4 Å². The fourth-order valence-corrected chi connectivity index (χ4v) is 0.489. The lowest BCUT2D eigenvalue weighted by molar-refractivity contribution is -0.125. The zero-order valence-corrected chi connectivity index (χ0v) is 8.25. The first-order chi connectivity index (χ1) is 6.06. The average Bonchev–Trinajstić information content (AvgIpc) is 2.10. The van der Waals surface area contributed by atoms with Crippen LogP contribution in [0.15, 0.2) is 0 Å². The summed E-state index contributed by atoms with van der Waals surface area (Å²) in [6.45, 7) is 1.26. The maximum Gasteiger partial charge on any atom is 0.257 e. The minimum absolute atomic E-state index is 0.0747. The van der Waals surface area contributed by atoms with Crippen LogP contribution in [0.2, 0.25) is 0 Å². The van der Waals surface area contributed by atoms with Crippen LogP contribution in [-0.4, -0.2) is 30.5 Å². The van der Waals surface area contributed by atoms with Crippen molar-refractivity contribution in [3.05, 3.63) is 0 Å². The Morgan fingerprint density at radius 2 is 1.92 bits per heavy atom. The smallest absolute Gasteiger partial charge is 0.257 e. The predicted molar refractivity (Wildman–Crippen MR) is 51.6 cm³/mol. The monoisotopic (exact) mass is 204 g/mol. The number of hydrazine groups is 1. The van der Waals surface area contributed by atoms with Crippen molar-refractivity contribution in [2.75, 3.05) is 13.6 Å². The fraction of sp³-hybridized carbons (Fsp3) is 0.500. The highest BCUT2D eigenvalue weighted by Gasteiger charge is 2.00. The summed E-state index contributed by atoms with van der Waals surface area (Å²) >= 11 is 4.69. The van der Waals surface area contributed by atoms with E-state index in [4.69, 9.17) is 0 Å². The van der Waals surface area contributed by atoms with Gasteiger partial charge in [-0.3, -0.25) is 20.4 Å². The van der Waals surface area contributed by atoms with Crippen LogP contribution in [0.1, 0.15) is 6.92 Å². The molecule has 0 rings (SSSR count). The summed E-state index contributed by atoms with van der Waals surface area (Å²) in [7, 11) is 1.62. The highest BCUT2D eigenvalue weighted by atomic mass is 32.1. The van der Waals surface area contributed by atoms with E-state index in [9.17, 15) is 9.59 Å². The Hall–Kier alpha value is -1.37. The van der Waals surface area contributed by atoms with Gasteiger partial charge in [0.15, 0.2) is 5.11 Å². The van der Waals surface area contributed by atoms with Crippen molar-refractivity contribution >= 4 is 29.1 Å². The molecule has 4 N–H and O–H groups in total.